The van der Waals surface area contributed by atoms with E-state index in [2.05, 4.69) is 21.3 Å². The van der Waals surface area contributed by atoms with Gasteiger partial charge in [0.15, 0.2) is 0 Å². The topological polar surface area (TPSA) is 275 Å². The van der Waals surface area contributed by atoms with Crippen LogP contribution in [0.1, 0.15) is 59.8 Å². The molecule has 7 atom stereocenters. The molecule has 0 rings (SSSR count). The smallest absolute Gasteiger partial charge is 0.325 e. The summed E-state index contributed by atoms with van der Waals surface area (Å²) in [5.74, 6) is -8.16. The molecule has 0 aromatic rings. The van der Waals surface area contributed by atoms with E-state index in [1.165, 1.54) is 13.8 Å². The van der Waals surface area contributed by atoms with Gasteiger partial charge in [0.25, 0.3) is 0 Å². The molecule has 0 bridgehead atoms. The molecule has 0 aliphatic rings. The molecule has 0 fully saturated rings. The van der Waals surface area contributed by atoms with Gasteiger partial charge in [-0.2, -0.15) is 0 Å². The van der Waals surface area contributed by atoms with E-state index in [-0.39, 0.29) is 0 Å². The molecule has 0 saturated heterocycles. The van der Waals surface area contributed by atoms with Gasteiger partial charge >= 0.3 is 17.9 Å². The normalized spacial score (nSPS) is 16.3. The maximum atomic E-state index is 13.1. The van der Waals surface area contributed by atoms with Crippen molar-refractivity contribution >= 4 is 41.5 Å². The van der Waals surface area contributed by atoms with Gasteiger partial charge in [-0.3, -0.25) is 33.6 Å². The number of aliphatic hydroxyl groups is 1. The van der Waals surface area contributed by atoms with E-state index < -0.39 is 109 Å². The molecule has 16 heteroatoms. The van der Waals surface area contributed by atoms with Gasteiger partial charge in [-0.15, -0.1) is 0 Å². The van der Waals surface area contributed by atoms with Gasteiger partial charge < -0.3 is 47.4 Å². The van der Waals surface area contributed by atoms with Crippen molar-refractivity contribution in [3.63, 3.8) is 0 Å². The lowest BCUT2D eigenvalue weighted by Gasteiger charge is -2.28. The van der Waals surface area contributed by atoms with Gasteiger partial charge in [0.2, 0.25) is 23.6 Å². The van der Waals surface area contributed by atoms with Crippen LogP contribution >= 0.6 is 0 Å². The van der Waals surface area contributed by atoms with Gasteiger partial charge in [-0.05, 0) is 32.6 Å². The van der Waals surface area contributed by atoms with Crippen LogP contribution in [0.25, 0.3) is 0 Å². The van der Waals surface area contributed by atoms with Gasteiger partial charge in [-0.1, -0.05) is 20.3 Å². The molecule has 0 heterocycles. The summed E-state index contributed by atoms with van der Waals surface area (Å²) in [6.45, 7) is 5.78. The fourth-order valence-corrected chi connectivity index (χ4v) is 3.15. The van der Waals surface area contributed by atoms with Gasteiger partial charge in [0.1, 0.15) is 30.2 Å². The largest absolute Gasteiger partial charge is 0.481 e. The number of hydrogen-bond acceptors (Lipinski definition) is 9. The third-order valence-electron chi connectivity index (χ3n) is 5.90. The first kappa shape index (κ1) is 35.2. The van der Waals surface area contributed by atoms with Crippen molar-refractivity contribution in [2.24, 2.45) is 11.7 Å². The van der Waals surface area contributed by atoms with Crippen molar-refractivity contribution in [3.05, 3.63) is 0 Å². The Kier molecular flexibility index (Phi) is 15.3. The zero-order chi connectivity index (χ0) is 30.4. The molecule has 0 spiro atoms. The molecule has 10 N–H and O–H groups in total. The minimum absolute atomic E-state index is 0.388. The van der Waals surface area contributed by atoms with Gasteiger partial charge in [-0.25, -0.2) is 0 Å². The minimum Gasteiger partial charge on any atom is -0.481 e. The van der Waals surface area contributed by atoms with Gasteiger partial charge in [0.05, 0.1) is 6.10 Å². The lowest BCUT2D eigenvalue weighted by Crippen LogP contribution is -2.60. The zero-order valence-electron chi connectivity index (χ0n) is 22.3. The number of nitrogens with one attached hydrogen (secondary N) is 4. The Bertz CT molecular complexity index is 911. The standard InChI is InChI=1S/C23H39N5O11/c1-5-10(2)18(22(37)25-11(3)23(38)39)28-20(35)14(7-9-16(32)33)26-19(34)13(6-8-15(30)31)27-21(36)17(24)12(4)29/h10-14,17-18,29H,5-9,24H2,1-4H3,(H,25,37)(H,26,34)(H,27,36)(H,28,35)(H,30,31)(H,32,33)(H,38,39)/t10?,11?,12?,13?,14?,17-,18?/m0/s1. The minimum atomic E-state index is -1.53. The summed E-state index contributed by atoms with van der Waals surface area (Å²) in [6, 6.07) is -6.99. The van der Waals surface area contributed by atoms with Gasteiger partial charge in [0, 0.05) is 12.8 Å². The third kappa shape index (κ3) is 13.0. The predicted octanol–water partition coefficient (Wildman–Crippen LogP) is -2.49. The number of aliphatic carboxylic acids is 3. The summed E-state index contributed by atoms with van der Waals surface area (Å²) in [5, 5.41) is 45.8. The Balaban J connectivity index is 5.92. The average Bonchev–Trinajstić information content (AvgIpc) is 2.85. The number of amides is 4. The lowest BCUT2D eigenvalue weighted by molar-refractivity contribution is -0.142. The van der Waals surface area contributed by atoms with E-state index in [9.17, 15) is 38.7 Å². The van der Waals surface area contributed by atoms with E-state index in [4.69, 9.17) is 21.1 Å². The van der Waals surface area contributed by atoms with E-state index in [1.807, 2.05) is 0 Å². The Labute approximate surface area is 225 Å². The Morgan fingerprint density at radius 1 is 0.692 bits per heavy atom. The van der Waals surface area contributed by atoms with Crippen LogP contribution in [0, 0.1) is 5.92 Å². The summed E-state index contributed by atoms with van der Waals surface area (Å²) in [7, 11) is 0. The van der Waals surface area contributed by atoms with Crippen molar-refractivity contribution in [2.75, 3.05) is 0 Å². The molecular weight excluding hydrogens is 522 g/mol. The van der Waals surface area contributed by atoms with Crippen molar-refractivity contribution in [2.45, 2.75) is 96.1 Å². The lowest BCUT2D eigenvalue weighted by atomic mass is 9.97. The first-order valence-corrected chi connectivity index (χ1v) is 12.3. The number of aliphatic hydroxyl groups excluding tert-OH is 1. The number of carbonyl (C=O) groups excluding carboxylic acids is 4. The highest BCUT2D eigenvalue weighted by molar-refractivity contribution is 5.95. The molecule has 0 aromatic heterocycles. The van der Waals surface area contributed by atoms with Crippen molar-refractivity contribution < 1.29 is 54.0 Å². The average molecular weight is 562 g/mol. The first-order chi connectivity index (χ1) is 18.0. The third-order valence-corrected chi connectivity index (χ3v) is 5.90. The molecule has 16 nitrogen and oxygen atoms in total. The highest BCUT2D eigenvalue weighted by Crippen LogP contribution is 2.11. The predicted molar refractivity (Wildman–Crippen MR) is 134 cm³/mol. The molecule has 0 radical (unpaired) electrons. The molecule has 0 saturated carbocycles. The molecule has 4 amide bonds. The fraction of sp³-hybridized carbons (Fsp3) is 0.696. The summed E-state index contributed by atoms with van der Waals surface area (Å²) in [4.78, 5) is 84.4. The molecular formula is C23H39N5O11. The molecule has 6 unspecified atom stereocenters. The van der Waals surface area contributed by atoms with Crippen LogP contribution in [0.4, 0.5) is 0 Å². The summed E-state index contributed by atoms with van der Waals surface area (Å²) < 4.78 is 0. The summed E-state index contributed by atoms with van der Waals surface area (Å²) in [6.07, 6.45) is -2.90. The molecule has 222 valence electrons. The van der Waals surface area contributed by atoms with Crippen LogP contribution < -0.4 is 27.0 Å². The van der Waals surface area contributed by atoms with Crippen LogP contribution in [0.15, 0.2) is 0 Å². The quantitative estimate of drug-likeness (QED) is 0.0841. The highest BCUT2D eigenvalue weighted by atomic mass is 16.4. The Hall–Kier alpha value is -3.79. The maximum Gasteiger partial charge on any atom is 0.325 e. The number of rotatable bonds is 18. The van der Waals surface area contributed by atoms with E-state index in [0.29, 0.717) is 6.42 Å². The van der Waals surface area contributed by atoms with Crippen LogP contribution in [0.3, 0.4) is 0 Å². The van der Waals surface area contributed by atoms with E-state index in [0.717, 1.165) is 0 Å². The second-order valence-corrected chi connectivity index (χ2v) is 9.19. The summed E-state index contributed by atoms with van der Waals surface area (Å²) >= 11 is 0. The van der Waals surface area contributed by atoms with Crippen LogP contribution in [0.5, 0.6) is 0 Å². The molecule has 0 aliphatic heterocycles. The highest BCUT2D eigenvalue weighted by Gasteiger charge is 2.33. The second kappa shape index (κ2) is 16.9. The van der Waals surface area contributed by atoms with Crippen LogP contribution in [-0.2, 0) is 33.6 Å². The molecule has 0 aliphatic carbocycles. The van der Waals surface area contributed by atoms with E-state index in [1.54, 1.807) is 13.8 Å². The Morgan fingerprint density at radius 3 is 1.51 bits per heavy atom. The number of carboxylic acid groups (broad SMARTS) is 3. The number of carbonyl (C=O) groups is 7. The summed E-state index contributed by atoms with van der Waals surface area (Å²) in [5.41, 5.74) is 5.56. The monoisotopic (exact) mass is 561 g/mol. The van der Waals surface area contributed by atoms with Crippen molar-refractivity contribution in [3.8, 4) is 0 Å². The van der Waals surface area contributed by atoms with Crippen molar-refractivity contribution in [1.29, 1.82) is 0 Å². The zero-order valence-corrected chi connectivity index (χ0v) is 22.3. The SMILES string of the molecule is CCC(C)C(NC(=O)C(CCC(=O)O)NC(=O)C(CCC(=O)O)NC(=O)[C@@H](N)C(C)O)C(=O)NC(C)C(=O)O. The molecule has 39 heavy (non-hydrogen) atoms. The Morgan fingerprint density at radius 2 is 1.13 bits per heavy atom. The number of nitrogens with two attached hydrogens (primary N) is 1. The second-order valence-electron chi connectivity index (χ2n) is 9.19. The van der Waals surface area contributed by atoms with Crippen molar-refractivity contribution in [1.82, 2.24) is 21.3 Å². The van der Waals surface area contributed by atoms with E-state index >= 15 is 0 Å². The van der Waals surface area contributed by atoms with Crippen LogP contribution in [0.2, 0.25) is 0 Å². The fourth-order valence-electron chi connectivity index (χ4n) is 3.15. The number of hydrogen-bond donors (Lipinski definition) is 9. The van der Waals surface area contributed by atoms with Crippen LogP contribution in [-0.4, -0.2) is 98.3 Å². The maximum absolute atomic E-state index is 13.1. The first-order valence-electron chi connectivity index (χ1n) is 12.3. The molecule has 0 aromatic carbocycles. The number of carboxylic acids is 3.